The van der Waals surface area contributed by atoms with Crippen molar-refractivity contribution in [1.29, 1.82) is 0 Å². The van der Waals surface area contributed by atoms with Gasteiger partial charge in [-0.25, -0.2) is 5.43 Å². The Kier molecular flexibility index (Phi) is 5.66. The second-order valence-corrected chi connectivity index (χ2v) is 4.38. The van der Waals surface area contributed by atoms with Crippen molar-refractivity contribution in [2.45, 2.75) is 30.6 Å². The number of ether oxygens (including phenoxy) is 1. The molecule has 1 fully saturated rings. The number of hydrogen-bond donors (Lipinski definition) is 6. The van der Waals surface area contributed by atoms with Crippen molar-refractivity contribution in [3.05, 3.63) is 0 Å². The lowest BCUT2D eigenvalue weighted by Crippen LogP contribution is -2.65. The van der Waals surface area contributed by atoms with E-state index in [1.54, 1.807) is 14.1 Å². The minimum Gasteiger partial charge on any atom is -0.394 e. The highest BCUT2D eigenvalue weighted by molar-refractivity contribution is 7.80. The lowest BCUT2D eigenvalue weighted by molar-refractivity contribution is -0.243. The summed E-state index contributed by atoms with van der Waals surface area (Å²) in [6.45, 7) is -0.469. The maximum Gasteiger partial charge on any atom is 0.183 e. The summed E-state index contributed by atoms with van der Waals surface area (Å²) in [5.74, 6) is 0. The van der Waals surface area contributed by atoms with Crippen LogP contribution in [-0.2, 0) is 4.74 Å². The maximum atomic E-state index is 9.76. The smallest absolute Gasteiger partial charge is 0.183 e. The van der Waals surface area contributed by atoms with Gasteiger partial charge in [0, 0.05) is 14.1 Å². The Morgan fingerprint density at radius 3 is 2.39 bits per heavy atom. The SMILES string of the molecule is CNC(=S)N(C)N[C@@H]1O[C@@H](CO)[C@@H](O)[C@@H](O)[C@@H]1O. The van der Waals surface area contributed by atoms with Crippen molar-refractivity contribution in [3.8, 4) is 0 Å². The first-order valence-corrected chi connectivity index (χ1v) is 5.85. The molecule has 0 radical (unpaired) electrons. The monoisotopic (exact) mass is 281 g/mol. The summed E-state index contributed by atoms with van der Waals surface area (Å²) in [6.07, 6.45) is -6.06. The molecule has 106 valence electrons. The fourth-order valence-electron chi connectivity index (χ4n) is 1.63. The van der Waals surface area contributed by atoms with Crippen molar-refractivity contribution >= 4 is 17.3 Å². The van der Waals surface area contributed by atoms with E-state index in [1.807, 2.05) is 0 Å². The Morgan fingerprint density at radius 2 is 1.89 bits per heavy atom. The highest BCUT2D eigenvalue weighted by Crippen LogP contribution is 2.19. The molecule has 8 nitrogen and oxygen atoms in total. The van der Waals surface area contributed by atoms with E-state index in [0.717, 1.165) is 0 Å². The Balaban J connectivity index is 2.67. The molecule has 1 rings (SSSR count). The normalized spacial score (nSPS) is 36.2. The zero-order chi connectivity index (χ0) is 13.9. The summed E-state index contributed by atoms with van der Waals surface area (Å²) in [5.41, 5.74) is 2.71. The second kappa shape index (κ2) is 6.57. The number of thiocarbonyl (C=S) groups is 1. The predicted octanol–water partition coefficient (Wildman–Crippen LogP) is -3.27. The van der Waals surface area contributed by atoms with Crippen LogP contribution >= 0.6 is 12.2 Å². The van der Waals surface area contributed by atoms with Gasteiger partial charge in [-0.2, -0.15) is 0 Å². The molecule has 0 unspecified atom stereocenters. The molecule has 0 aromatic carbocycles. The Bertz CT molecular complexity index is 293. The van der Waals surface area contributed by atoms with Gasteiger partial charge in [0.25, 0.3) is 0 Å². The zero-order valence-corrected chi connectivity index (χ0v) is 11.0. The Labute approximate surface area is 110 Å². The minimum atomic E-state index is -1.41. The van der Waals surface area contributed by atoms with Crippen LogP contribution in [-0.4, -0.2) is 81.9 Å². The van der Waals surface area contributed by atoms with Crippen LogP contribution in [0.4, 0.5) is 0 Å². The topological polar surface area (TPSA) is 117 Å². The molecule has 0 bridgehead atoms. The molecule has 0 amide bonds. The molecule has 0 saturated carbocycles. The fraction of sp³-hybridized carbons (Fsp3) is 0.889. The molecule has 9 heteroatoms. The molecule has 6 N–H and O–H groups in total. The van der Waals surface area contributed by atoms with E-state index in [1.165, 1.54) is 5.01 Å². The van der Waals surface area contributed by atoms with E-state index in [4.69, 9.17) is 22.1 Å². The van der Waals surface area contributed by atoms with Crippen LogP contribution in [0.25, 0.3) is 0 Å². The van der Waals surface area contributed by atoms with Gasteiger partial charge in [-0.05, 0) is 12.2 Å². The molecular formula is C9H19N3O5S. The van der Waals surface area contributed by atoms with Gasteiger partial charge < -0.3 is 30.5 Å². The first-order valence-electron chi connectivity index (χ1n) is 5.44. The van der Waals surface area contributed by atoms with Gasteiger partial charge in [-0.15, -0.1) is 0 Å². The molecule has 0 aromatic heterocycles. The summed E-state index contributed by atoms with van der Waals surface area (Å²) in [7, 11) is 3.23. The highest BCUT2D eigenvalue weighted by atomic mass is 32.1. The molecule has 1 saturated heterocycles. The van der Waals surface area contributed by atoms with Crippen molar-refractivity contribution in [1.82, 2.24) is 15.8 Å². The second-order valence-electron chi connectivity index (χ2n) is 3.99. The van der Waals surface area contributed by atoms with Crippen LogP contribution < -0.4 is 10.7 Å². The zero-order valence-electron chi connectivity index (χ0n) is 10.1. The molecule has 18 heavy (non-hydrogen) atoms. The van der Waals surface area contributed by atoms with Gasteiger partial charge in [0.05, 0.1) is 6.61 Å². The third kappa shape index (κ3) is 3.26. The summed E-state index contributed by atoms with van der Waals surface area (Å²) in [4.78, 5) is 0. The van der Waals surface area contributed by atoms with Crippen LogP contribution in [0.1, 0.15) is 0 Å². The lowest BCUT2D eigenvalue weighted by Gasteiger charge is -2.41. The van der Waals surface area contributed by atoms with Crippen molar-refractivity contribution in [2.75, 3.05) is 20.7 Å². The van der Waals surface area contributed by atoms with Crippen LogP contribution in [0, 0.1) is 0 Å². The highest BCUT2D eigenvalue weighted by Gasteiger charge is 2.43. The lowest BCUT2D eigenvalue weighted by atomic mass is 9.99. The van der Waals surface area contributed by atoms with Gasteiger partial charge >= 0.3 is 0 Å². The van der Waals surface area contributed by atoms with Crippen LogP contribution in [0.2, 0.25) is 0 Å². The molecule has 0 spiro atoms. The maximum absolute atomic E-state index is 9.76. The largest absolute Gasteiger partial charge is 0.394 e. The summed E-state index contributed by atoms with van der Waals surface area (Å²) in [5, 5.41) is 42.4. The van der Waals surface area contributed by atoms with Gasteiger partial charge in [-0.1, -0.05) is 0 Å². The number of aliphatic hydroxyl groups excluding tert-OH is 4. The van der Waals surface area contributed by atoms with Gasteiger partial charge in [0.1, 0.15) is 24.4 Å². The van der Waals surface area contributed by atoms with Crippen LogP contribution in [0.5, 0.6) is 0 Å². The minimum absolute atomic E-state index is 0.354. The van der Waals surface area contributed by atoms with E-state index in [2.05, 4.69) is 10.7 Å². The summed E-state index contributed by atoms with van der Waals surface area (Å²) >= 11 is 4.95. The van der Waals surface area contributed by atoms with Gasteiger partial charge in [0.15, 0.2) is 11.3 Å². The first kappa shape index (κ1) is 15.5. The number of rotatable bonds is 3. The van der Waals surface area contributed by atoms with Crippen LogP contribution in [0.15, 0.2) is 0 Å². The summed E-state index contributed by atoms with van der Waals surface area (Å²) < 4.78 is 5.25. The third-order valence-corrected chi connectivity index (χ3v) is 3.21. The Morgan fingerprint density at radius 1 is 1.28 bits per heavy atom. The van der Waals surface area contributed by atoms with Crippen molar-refractivity contribution in [2.24, 2.45) is 0 Å². The Hall–Kier alpha value is -0.550. The van der Waals surface area contributed by atoms with Gasteiger partial charge in [0.2, 0.25) is 0 Å². The third-order valence-electron chi connectivity index (χ3n) is 2.73. The molecule has 1 aliphatic heterocycles. The molecule has 0 aromatic rings. The molecule has 5 atom stereocenters. The van der Waals surface area contributed by atoms with E-state index < -0.39 is 37.3 Å². The summed E-state index contributed by atoms with van der Waals surface area (Å²) in [6, 6.07) is 0. The van der Waals surface area contributed by atoms with Crippen molar-refractivity contribution in [3.63, 3.8) is 0 Å². The average molecular weight is 281 g/mol. The molecule has 0 aliphatic carbocycles. The van der Waals surface area contributed by atoms with Crippen molar-refractivity contribution < 1.29 is 25.2 Å². The molecule has 1 heterocycles. The quantitative estimate of drug-likeness (QED) is 0.234. The fourth-order valence-corrected chi connectivity index (χ4v) is 1.68. The average Bonchev–Trinajstić information content (AvgIpc) is 2.38. The van der Waals surface area contributed by atoms with E-state index >= 15 is 0 Å². The molecular weight excluding hydrogens is 262 g/mol. The van der Waals surface area contributed by atoms with E-state index in [9.17, 15) is 15.3 Å². The molecule has 1 aliphatic rings. The van der Waals surface area contributed by atoms with Gasteiger partial charge in [-0.3, -0.25) is 5.01 Å². The number of hydrogen-bond acceptors (Lipinski definition) is 7. The van der Waals surface area contributed by atoms with E-state index in [-0.39, 0.29) is 0 Å². The predicted molar refractivity (Wildman–Crippen MR) is 66.3 cm³/mol. The number of aliphatic hydroxyl groups is 4. The van der Waals surface area contributed by atoms with Crippen LogP contribution in [0.3, 0.4) is 0 Å². The standard InChI is InChI=1S/C9H19N3O5S/c1-10-9(18)12(2)11-8-7(16)6(15)5(14)4(3-13)17-8/h4-8,11,13-16H,3H2,1-2H3,(H,10,18)/t4-,5+,6+,7-,8+/m0/s1. The number of nitrogens with one attached hydrogen (secondary N) is 2. The first-order chi connectivity index (χ1) is 8.42. The van der Waals surface area contributed by atoms with E-state index in [0.29, 0.717) is 5.11 Å². The number of hydrazine groups is 1. The number of nitrogens with zero attached hydrogens (tertiary/aromatic N) is 1.